The van der Waals surface area contributed by atoms with Crippen molar-refractivity contribution in [2.24, 2.45) is 5.92 Å². The summed E-state index contributed by atoms with van der Waals surface area (Å²) in [4.78, 5) is 12.0. The minimum atomic E-state index is -0.617. The van der Waals surface area contributed by atoms with Crippen LogP contribution in [0, 0.1) is 12.8 Å². The van der Waals surface area contributed by atoms with E-state index in [2.05, 4.69) is 5.32 Å². The van der Waals surface area contributed by atoms with Crippen LogP contribution in [0.4, 0.5) is 0 Å². The smallest absolute Gasteiger partial charge is 0.223 e. The molecule has 1 aromatic rings. The van der Waals surface area contributed by atoms with Gasteiger partial charge in [-0.2, -0.15) is 0 Å². The van der Waals surface area contributed by atoms with Gasteiger partial charge < -0.3 is 10.4 Å². The quantitative estimate of drug-likeness (QED) is 0.875. The van der Waals surface area contributed by atoms with E-state index in [-0.39, 0.29) is 11.8 Å². The van der Waals surface area contributed by atoms with E-state index in [0.29, 0.717) is 6.54 Å². The Kier molecular flexibility index (Phi) is 4.97. The topological polar surface area (TPSA) is 49.3 Å². The lowest BCUT2D eigenvalue weighted by molar-refractivity contribution is -0.126. The van der Waals surface area contributed by atoms with Crippen LogP contribution in [-0.4, -0.2) is 17.6 Å². The summed E-state index contributed by atoms with van der Waals surface area (Å²) < 4.78 is 0. The van der Waals surface area contributed by atoms with Crippen LogP contribution in [0.1, 0.15) is 49.3 Å². The highest BCUT2D eigenvalue weighted by atomic mass is 16.3. The third-order valence-electron chi connectivity index (χ3n) is 3.91. The zero-order valence-electron chi connectivity index (χ0n) is 11.6. The summed E-state index contributed by atoms with van der Waals surface area (Å²) >= 11 is 0. The Bertz CT molecular complexity index is 407. The molecule has 2 rings (SSSR count). The summed E-state index contributed by atoms with van der Waals surface area (Å²) in [6.45, 7) is 2.32. The Morgan fingerprint density at radius 3 is 2.53 bits per heavy atom. The molecule has 1 saturated carbocycles. The molecule has 1 amide bonds. The van der Waals surface area contributed by atoms with Gasteiger partial charge in [-0.05, 0) is 25.3 Å². The molecule has 1 aliphatic carbocycles. The number of aliphatic hydroxyl groups excluding tert-OH is 1. The number of carbonyl (C=O) groups excluding carboxylic acids is 1. The number of aliphatic hydroxyl groups is 1. The minimum absolute atomic E-state index is 0.103. The molecular formula is C16H23NO2. The van der Waals surface area contributed by atoms with Gasteiger partial charge in [0.1, 0.15) is 0 Å². The zero-order chi connectivity index (χ0) is 13.7. The summed E-state index contributed by atoms with van der Waals surface area (Å²) in [5.74, 6) is 0.254. The lowest BCUT2D eigenvalue weighted by Gasteiger charge is -2.21. The van der Waals surface area contributed by atoms with E-state index in [4.69, 9.17) is 0 Å². The molecule has 0 unspecified atom stereocenters. The van der Waals surface area contributed by atoms with Crippen molar-refractivity contribution in [1.82, 2.24) is 5.32 Å². The van der Waals surface area contributed by atoms with Crippen LogP contribution in [0.3, 0.4) is 0 Å². The van der Waals surface area contributed by atoms with Crippen LogP contribution >= 0.6 is 0 Å². The van der Waals surface area contributed by atoms with Gasteiger partial charge >= 0.3 is 0 Å². The Balaban J connectivity index is 1.80. The van der Waals surface area contributed by atoms with Gasteiger partial charge in [0.05, 0.1) is 6.10 Å². The van der Waals surface area contributed by atoms with Crippen LogP contribution in [0.5, 0.6) is 0 Å². The molecule has 0 heterocycles. The fraction of sp³-hybridized carbons (Fsp3) is 0.562. The van der Waals surface area contributed by atoms with Gasteiger partial charge in [0, 0.05) is 12.5 Å². The molecule has 1 aliphatic rings. The summed E-state index contributed by atoms with van der Waals surface area (Å²) in [7, 11) is 0. The highest BCUT2D eigenvalue weighted by Crippen LogP contribution is 2.23. The predicted molar refractivity (Wildman–Crippen MR) is 75.7 cm³/mol. The van der Waals surface area contributed by atoms with E-state index >= 15 is 0 Å². The average molecular weight is 261 g/mol. The van der Waals surface area contributed by atoms with Crippen molar-refractivity contribution in [3.63, 3.8) is 0 Å². The van der Waals surface area contributed by atoms with Crippen molar-refractivity contribution >= 4 is 5.91 Å². The van der Waals surface area contributed by atoms with Crippen LogP contribution in [0.15, 0.2) is 24.3 Å². The van der Waals surface area contributed by atoms with Crippen molar-refractivity contribution in [2.75, 3.05) is 6.54 Å². The minimum Gasteiger partial charge on any atom is -0.387 e. The molecule has 1 fully saturated rings. The Morgan fingerprint density at radius 2 is 1.89 bits per heavy atom. The molecule has 1 aromatic carbocycles. The fourth-order valence-corrected chi connectivity index (χ4v) is 2.61. The first-order chi connectivity index (χ1) is 9.16. The van der Waals surface area contributed by atoms with E-state index in [1.807, 2.05) is 31.2 Å². The standard InChI is InChI=1S/C16H23NO2/c1-12-7-9-13(10-8-12)15(18)11-17-16(19)14-5-3-2-4-6-14/h7-10,14-15,18H,2-6,11H2,1H3,(H,17,19)/t15-/m1/s1. The Hall–Kier alpha value is -1.35. The Labute approximate surface area is 115 Å². The largest absolute Gasteiger partial charge is 0.387 e. The maximum atomic E-state index is 12.0. The SMILES string of the molecule is Cc1ccc([C@H](O)CNC(=O)C2CCCCC2)cc1. The van der Waals surface area contributed by atoms with E-state index in [9.17, 15) is 9.90 Å². The predicted octanol–water partition coefficient (Wildman–Crippen LogP) is 2.72. The van der Waals surface area contributed by atoms with Crippen molar-refractivity contribution in [3.05, 3.63) is 35.4 Å². The number of rotatable bonds is 4. The monoisotopic (exact) mass is 261 g/mol. The second-order valence-electron chi connectivity index (χ2n) is 5.51. The molecule has 0 spiro atoms. The van der Waals surface area contributed by atoms with Crippen LogP contribution in [0.2, 0.25) is 0 Å². The molecular weight excluding hydrogens is 238 g/mol. The lowest BCUT2D eigenvalue weighted by Crippen LogP contribution is -2.34. The van der Waals surface area contributed by atoms with Gasteiger partial charge in [-0.15, -0.1) is 0 Å². The number of benzene rings is 1. The maximum Gasteiger partial charge on any atom is 0.223 e. The normalized spacial score (nSPS) is 18.0. The molecule has 3 heteroatoms. The summed E-state index contributed by atoms with van der Waals surface area (Å²) in [5.41, 5.74) is 2.02. The average Bonchev–Trinajstić information content (AvgIpc) is 2.46. The van der Waals surface area contributed by atoms with Crippen LogP contribution in [-0.2, 0) is 4.79 Å². The van der Waals surface area contributed by atoms with Crippen molar-refractivity contribution in [2.45, 2.75) is 45.1 Å². The number of hydrogen-bond donors (Lipinski definition) is 2. The number of hydrogen-bond acceptors (Lipinski definition) is 2. The summed E-state index contributed by atoms with van der Waals surface area (Å²) in [6.07, 6.45) is 4.92. The molecule has 1 atom stereocenters. The van der Waals surface area contributed by atoms with Gasteiger partial charge in [0.25, 0.3) is 0 Å². The second-order valence-corrected chi connectivity index (χ2v) is 5.51. The summed E-state index contributed by atoms with van der Waals surface area (Å²) in [5, 5.41) is 12.9. The molecule has 2 N–H and O–H groups in total. The fourth-order valence-electron chi connectivity index (χ4n) is 2.61. The first kappa shape index (κ1) is 14.1. The van der Waals surface area contributed by atoms with E-state index < -0.39 is 6.10 Å². The molecule has 3 nitrogen and oxygen atoms in total. The maximum absolute atomic E-state index is 12.0. The summed E-state index contributed by atoms with van der Waals surface area (Å²) in [6, 6.07) is 7.77. The zero-order valence-corrected chi connectivity index (χ0v) is 11.6. The van der Waals surface area contributed by atoms with Gasteiger partial charge in [0.2, 0.25) is 5.91 Å². The molecule has 0 radical (unpaired) electrons. The molecule has 104 valence electrons. The number of amides is 1. The molecule has 0 saturated heterocycles. The van der Waals surface area contributed by atoms with Gasteiger partial charge in [-0.25, -0.2) is 0 Å². The van der Waals surface area contributed by atoms with E-state index in [1.165, 1.54) is 12.0 Å². The number of carbonyl (C=O) groups is 1. The molecule has 0 aromatic heterocycles. The highest BCUT2D eigenvalue weighted by molar-refractivity contribution is 5.78. The van der Waals surface area contributed by atoms with Gasteiger partial charge in [-0.1, -0.05) is 49.1 Å². The highest BCUT2D eigenvalue weighted by Gasteiger charge is 2.21. The number of nitrogens with one attached hydrogen (secondary N) is 1. The van der Waals surface area contributed by atoms with Crippen molar-refractivity contribution < 1.29 is 9.90 Å². The van der Waals surface area contributed by atoms with E-state index in [0.717, 1.165) is 31.2 Å². The molecule has 0 aliphatic heterocycles. The second kappa shape index (κ2) is 6.71. The Morgan fingerprint density at radius 1 is 1.26 bits per heavy atom. The van der Waals surface area contributed by atoms with Crippen molar-refractivity contribution in [1.29, 1.82) is 0 Å². The third kappa shape index (κ3) is 4.06. The molecule has 19 heavy (non-hydrogen) atoms. The van der Waals surface area contributed by atoms with Crippen LogP contribution < -0.4 is 5.32 Å². The first-order valence-corrected chi connectivity index (χ1v) is 7.19. The van der Waals surface area contributed by atoms with E-state index in [1.54, 1.807) is 0 Å². The first-order valence-electron chi connectivity index (χ1n) is 7.19. The third-order valence-corrected chi connectivity index (χ3v) is 3.91. The molecule has 0 bridgehead atoms. The van der Waals surface area contributed by atoms with Gasteiger partial charge in [-0.3, -0.25) is 4.79 Å². The van der Waals surface area contributed by atoms with Crippen LogP contribution in [0.25, 0.3) is 0 Å². The van der Waals surface area contributed by atoms with Gasteiger partial charge in [0.15, 0.2) is 0 Å². The lowest BCUT2D eigenvalue weighted by atomic mass is 9.88. The van der Waals surface area contributed by atoms with Crippen molar-refractivity contribution in [3.8, 4) is 0 Å². The number of aryl methyl sites for hydroxylation is 1.